The Morgan fingerprint density at radius 2 is 2.06 bits per heavy atom. The van der Waals surface area contributed by atoms with Crippen LogP contribution in [0.25, 0.3) is 10.9 Å². The Kier molecular flexibility index (Phi) is 3.13. The third-order valence-corrected chi connectivity index (χ3v) is 3.31. The number of aliphatic carboxylic acids is 1. The number of benzene rings is 1. The molecule has 1 heterocycles. The number of nitrogens with one attached hydrogen (secondary N) is 1. The number of rotatable bonds is 3. The number of carboxylic acids is 1. The summed E-state index contributed by atoms with van der Waals surface area (Å²) in [5, 5.41) is 10.0. The Morgan fingerprint density at radius 3 is 2.67 bits per heavy atom. The summed E-state index contributed by atoms with van der Waals surface area (Å²) in [5.74, 6) is -0.965. The first-order chi connectivity index (χ1) is 8.40. The fourth-order valence-corrected chi connectivity index (χ4v) is 2.41. The van der Waals surface area contributed by atoms with Crippen molar-refractivity contribution in [1.82, 2.24) is 4.98 Å². The molecule has 4 nitrogen and oxygen atoms in total. The van der Waals surface area contributed by atoms with Gasteiger partial charge < -0.3 is 15.8 Å². The Morgan fingerprint density at radius 1 is 1.39 bits per heavy atom. The van der Waals surface area contributed by atoms with Crippen LogP contribution >= 0.6 is 0 Å². The minimum atomic E-state index is -0.965. The van der Waals surface area contributed by atoms with Crippen molar-refractivity contribution in [1.29, 1.82) is 0 Å². The SMILES string of the molecule is Cc1cc(C)c2[nH]c(C)c(C[C@H](N)C(=O)O)c2c1. The van der Waals surface area contributed by atoms with Gasteiger partial charge in [0.15, 0.2) is 0 Å². The predicted octanol–water partition coefficient (Wildman–Crippen LogP) is 2.05. The molecule has 96 valence electrons. The number of aromatic amines is 1. The summed E-state index contributed by atoms with van der Waals surface area (Å²) >= 11 is 0. The molecule has 0 fully saturated rings. The van der Waals surface area contributed by atoms with Gasteiger partial charge in [-0.3, -0.25) is 4.79 Å². The zero-order valence-corrected chi connectivity index (χ0v) is 10.9. The molecule has 0 saturated heterocycles. The average molecular weight is 246 g/mol. The first kappa shape index (κ1) is 12.6. The molecule has 1 aromatic heterocycles. The molecule has 0 radical (unpaired) electrons. The third kappa shape index (κ3) is 2.11. The number of carbonyl (C=O) groups is 1. The lowest BCUT2D eigenvalue weighted by Crippen LogP contribution is -2.32. The van der Waals surface area contributed by atoms with Crippen molar-refractivity contribution in [3.05, 3.63) is 34.5 Å². The molecule has 0 spiro atoms. The molecule has 0 unspecified atom stereocenters. The van der Waals surface area contributed by atoms with Crippen LogP contribution in [0.2, 0.25) is 0 Å². The van der Waals surface area contributed by atoms with Crippen LogP contribution in [-0.4, -0.2) is 22.1 Å². The van der Waals surface area contributed by atoms with Crippen LogP contribution in [0.4, 0.5) is 0 Å². The lowest BCUT2D eigenvalue weighted by molar-refractivity contribution is -0.138. The summed E-state index contributed by atoms with van der Waals surface area (Å²) in [5.41, 5.74) is 11.0. The Bertz CT molecular complexity index is 614. The standard InChI is InChI=1S/C14H18N2O2/c1-7-4-8(2)13-11(5-7)10(9(3)16-13)6-12(15)14(17)18/h4-5,12,16H,6,15H2,1-3H3,(H,17,18)/t12-/m0/s1. The van der Waals surface area contributed by atoms with Gasteiger partial charge in [-0.1, -0.05) is 11.6 Å². The lowest BCUT2D eigenvalue weighted by atomic mass is 10.0. The molecule has 4 heteroatoms. The van der Waals surface area contributed by atoms with Gasteiger partial charge in [0.2, 0.25) is 0 Å². The van der Waals surface area contributed by atoms with Crippen molar-refractivity contribution in [2.24, 2.45) is 5.73 Å². The first-order valence-electron chi connectivity index (χ1n) is 5.97. The van der Waals surface area contributed by atoms with E-state index < -0.39 is 12.0 Å². The maximum absolute atomic E-state index is 10.9. The van der Waals surface area contributed by atoms with E-state index in [0.29, 0.717) is 6.42 Å². The summed E-state index contributed by atoms with van der Waals surface area (Å²) in [6.07, 6.45) is 0.351. The highest BCUT2D eigenvalue weighted by Gasteiger charge is 2.17. The molecule has 0 aliphatic rings. The van der Waals surface area contributed by atoms with Gasteiger partial charge in [0.1, 0.15) is 6.04 Å². The highest BCUT2D eigenvalue weighted by atomic mass is 16.4. The summed E-state index contributed by atoms with van der Waals surface area (Å²) < 4.78 is 0. The Balaban J connectivity index is 2.56. The van der Waals surface area contributed by atoms with Gasteiger partial charge in [-0.05, 0) is 38.0 Å². The predicted molar refractivity (Wildman–Crippen MR) is 71.8 cm³/mol. The van der Waals surface area contributed by atoms with Crippen LogP contribution in [0.1, 0.15) is 22.4 Å². The van der Waals surface area contributed by atoms with Gasteiger partial charge >= 0.3 is 5.97 Å². The molecule has 1 atom stereocenters. The molecule has 0 amide bonds. The van der Waals surface area contributed by atoms with Crippen LogP contribution in [0.5, 0.6) is 0 Å². The maximum Gasteiger partial charge on any atom is 0.320 e. The number of aryl methyl sites for hydroxylation is 3. The largest absolute Gasteiger partial charge is 0.480 e. The molecular formula is C14H18N2O2. The molecular weight excluding hydrogens is 228 g/mol. The van der Waals surface area contributed by atoms with Gasteiger partial charge in [-0.2, -0.15) is 0 Å². The fraction of sp³-hybridized carbons (Fsp3) is 0.357. The van der Waals surface area contributed by atoms with Gasteiger partial charge in [0.05, 0.1) is 0 Å². The Labute approximate surface area is 106 Å². The second-order valence-electron chi connectivity index (χ2n) is 4.88. The smallest absolute Gasteiger partial charge is 0.320 e. The lowest BCUT2D eigenvalue weighted by Gasteiger charge is -2.07. The monoisotopic (exact) mass is 246 g/mol. The maximum atomic E-state index is 10.9. The third-order valence-electron chi connectivity index (χ3n) is 3.31. The Hall–Kier alpha value is -1.81. The van der Waals surface area contributed by atoms with Crippen LogP contribution in [0.3, 0.4) is 0 Å². The van der Waals surface area contributed by atoms with Gasteiger partial charge in [-0.15, -0.1) is 0 Å². The minimum absolute atomic E-state index is 0.351. The zero-order chi connectivity index (χ0) is 13.4. The molecule has 0 bridgehead atoms. The van der Waals surface area contributed by atoms with E-state index in [-0.39, 0.29) is 0 Å². The quantitative estimate of drug-likeness (QED) is 0.775. The average Bonchev–Trinajstić information content (AvgIpc) is 2.57. The van der Waals surface area contributed by atoms with E-state index in [1.165, 1.54) is 11.1 Å². The number of hydrogen-bond donors (Lipinski definition) is 3. The number of nitrogens with two attached hydrogens (primary N) is 1. The number of carboxylic acid groups (broad SMARTS) is 1. The second-order valence-corrected chi connectivity index (χ2v) is 4.88. The van der Waals surface area contributed by atoms with Crippen molar-refractivity contribution in [3.63, 3.8) is 0 Å². The number of aromatic nitrogens is 1. The van der Waals surface area contributed by atoms with E-state index in [9.17, 15) is 4.79 Å². The molecule has 1 aromatic carbocycles. The zero-order valence-electron chi connectivity index (χ0n) is 10.9. The molecule has 0 saturated carbocycles. The van der Waals surface area contributed by atoms with Crippen LogP contribution in [0, 0.1) is 20.8 Å². The fourth-order valence-electron chi connectivity index (χ4n) is 2.41. The number of hydrogen-bond acceptors (Lipinski definition) is 2. The van der Waals surface area contributed by atoms with E-state index in [1.54, 1.807) is 0 Å². The molecule has 18 heavy (non-hydrogen) atoms. The summed E-state index contributed by atoms with van der Waals surface area (Å²) in [6, 6.07) is 3.33. The van der Waals surface area contributed by atoms with Gasteiger partial charge in [0, 0.05) is 23.0 Å². The van der Waals surface area contributed by atoms with Crippen LogP contribution in [0.15, 0.2) is 12.1 Å². The number of fused-ring (bicyclic) bond motifs is 1. The molecule has 4 N–H and O–H groups in total. The van der Waals surface area contributed by atoms with Crippen molar-refractivity contribution in [2.75, 3.05) is 0 Å². The first-order valence-corrected chi connectivity index (χ1v) is 5.97. The normalized spacial score (nSPS) is 12.9. The number of H-pyrrole nitrogens is 1. The molecule has 2 rings (SSSR count). The molecule has 0 aliphatic carbocycles. The van der Waals surface area contributed by atoms with E-state index in [4.69, 9.17) is 10.8 Å². The van der Waals surface area contributed by atoms with Crippen molar-refractivity contribution in [2.45, 2.75) is 33.2 Å². The van der Waals surface area contributed by atoms with Crippen LogP contribution < -0.4 is 5.73 Å². The second kappa shape index (κ2) is 4.46. The summed E-state index contributed by atoms with van der Waals surface area (Å²) in [7, 11) is 0. The molecule has 0 aliphatic heterocycles. The van der Waals surface area contributed by atoms with Crippen molar-refractivity contribution in [3.8, 4) is 0 Å². The van der Waals surface area contributed by atoms with Crippen molar-refractivity contribution >= 4 is 16.9 Å². The summed E-state index contributed by atoms with van der Waals surface area (Å²) in [6.45, 7) is 6.04. The summed E-state index contributed by atoms with van der Waals surface area (Å²) in [4.78, 5) is 14.2. The minimum Gasteiger partial charge on any atom is -0.480 e. The topological polar surface area (TPSA) is 79.1 Å². The van der Waals surface area contributed by atoms with E-state index in [1.807, 2.05) is 20.8 Å². The van der Waals surface area contributed by atoms with E-state index in [2.05, 4.69) is 17.1 Å². The highest BCUT2D eigenvalue weighted by molar-refractivity contribution is 5.88. The van der Waals surface area contributed by atoms with Crippen LogP contribution in [-0.2, 0) is 11.2 Å². The highest BCUT2D eigenvalue weighted by Crippen LogP contribution is 2.27. The van der Waals surface area contributed by atoms with Crippen molar-refractivity contribution < 1.29 is 9.90 Å². The van der Waals surface area contributed by atoms with Gasteiger partial charge in [0.25, 0.3) is 0 Å². The van der Waals surface area contributed by atoms with E-state index in [0.717, 1.165) is 22.2 Å². The van der Waals surface area contributed by atoms with E-state index >= 15 is 0 Å². The van der Waals surface area contributed by atoms with Gasteiger partial charge in [-0.25, -0.2) is 0 Å². The molecule has 2 aromatic rings.